The first-order valence-corrected chi connectivity index (χ1v) is 8.94. The summed E-state index contributed by atoms with van der Waals surface area (Å²) in [5.74, 6) is 0.392. The highest BCUT2D eigenvalue weighted by molar-refractivity contribution is 5.96. The Labute approximate surface area is 138 Å². The van der Waals surface area contributed by atoms with Crippen molar-refractivity contribution in [1.82, 2.24) is 4.90 Å². The molecule has 124 valence electrons. The molecule has 1 N–H and O–H groups in total. The third kappa shape index (κ3) is 4.12. The number of nitrogens with zero attached hydrogens (tertiary/aromatic N) is 1. The fourth-order valence-electron chi connectivity index (χ4n) is 3.58. The van der Waals surface area contributed by atoms with Crippen LogP contribution in [0.15, 0.2) is 24.3 Å². The lowest BCUT2D eigenvalue weighted by atomic mass is 10.1. The van der Waals surface area contributed by atoms with Gasteiger partial charge in [0.05, 0.1) is 0 Å². The minimum atomic E-state index is 0.112. The zero-order chi connectivity index (χ0) is 16.1. The molecule has 0 radical (unpaired) electrons. The van der Waals surface area contributed by atoms with Crippen molar-refractivity contribution in [2.24, 2.45) is 5.92 Å². The molecule has 1 aliphatic carbocycles. The van der Waals surface area contributed by atoms with Gasteiger partial charge in [0.25, 0.3) is 5.91 Å². The summed E-state index contributed by atoms with van der Waals surface area (Å²) in [5, 5.41) is 2.98. The molecule has 0 spiro atoms. The van der Waals surface area contributed by atoms with Crippen molar-refractivity contribution in [3.63, 3.8) is 0 Å². The van der Waals surface area contributed by atoms with Gasteiger partial charge in [-0.05, 0) is 49.9 Å². The molecule has 1 aromatic carbocycles. The van der Waals surface area contributed by atoms with Gasteiger partial charge >= 0.3 is 0 Å². The lowest BCUT2D eigenvalue weighted by Gasteiger charge is -2.20. The van der Waals surface area contributed by atoms with Crippen molar-refractivity contribution in [2.45, 2.75) is 51.4 Å². The molecule has 4 heteroatoms. The molecule has 2 aliphatic rings. The van der Waals surface area contributed by atoms with Crippen LogP contribution in [0.25, 0.3) is 0 Å². The van der Waals surface area contributed by atoms with Gasteiger partial charge in [-0.25, -0.2) is 0 Å². The number of likely N-dealkylation sites (tertiary alicyclic amines) is 1. The number of carbonyl (C=O) groups is 2. The topological polar surface area (TPSA) is 49.4 Å². The first-order chi connectivity index (χ1) is 11.2. The average molecular weight is 314 g/mol. The molecule has 23 heavy (non-hydrogen) atoms. The molecule has 0 unspecified atom stereocenters. The van der Waals surface area contributed by atoms with Gasteiger partial charge in [-0.3, -0.25) is 9.59 Å². The van der Waals surface area contributed by atoms with Gasteiger partial charge in [-0.2, -0.15) is 0 Å². The van der Waals surface area contributed by atoms with Crippen LogP contribution in [0.5, 0.6) is 0 Å². The maximum absolute atomic E-state index is 12.5. The lowest BCUT2D eigenvalue weighted by molar-refractivity contribution is -0.119. The van der Waals surface area contributed by atoms with E-state index in [0.29, 0.717) is 5.56 Å². The van der Waals surface area contributed by atoms with Gasteiger partial charge in [0.15, 0.2) is 0 Å². The fraction of sp³-hybridized carbons (Fsp3) is 0.579. The van der Waals surface area contributed by atoms with Gasteiger partial charge in [-0.15, -0.1) is 0 Å². The van der Waals surface area contributed by atoms with Gasteiger partial charge in [0, 0.05) is 30.3 Å². The number of carbonyl (C=O) groups excluding carboxylic acids is 2. The van der Waals surface area contributed by atoms with Crippen LogP contribution in [-0.2, 0) is 4.79 Å². The highest BCUT2D eigenvalue weighted by atomic mass is 16.2. The second kappa shape index (κ2) is 7.62. The standard InChI is InChI=1S/C19H26N2O2/c22-18(15-7-3-4-8-15)20-17-11-9-16(10-12-17)19(23)21-13-5-1-2-6-14-21/h9-12,15H,1-8,13-14H2,(H,20,22). The first-order valence-electron chi connectivity index (χ1n) is 8.94. The monoisotopic (exact) mass is 314 g/mol. The van der Waals surface area contributed by atoms with E-state index < -0.39 is 0 Å². The molecule has 2 amide bonds. The van der Waals surface area contributed by atoms with Crippen LogP contribution in [0, 0.1) is 5.92 Å². The summed E-state index contributed by atoms with van der Waals surface area (Å²) in [6, 6.07) is 7.35. The Morgan fingerprint density at radius 2 is 1.48 bits per heavy atom. The van der Waals surface area contributed by atoms with Crippen LogP contribution >= 0.6 is 0 Å². The number of benzene rings is 1. The van der Waals surface area contributed by atoms with E-state index >= 15 is 0 Å². The summed E-state index contributed by atoms with van der Waals surface area (Å²) >= 11 is 0. The normalized spacial score (nSPS) is 19.4. The summed E-state index contributed by atoms with van der Waals surface area (Å²) < 4.78 is 0. The molecule has 0 aromatic heterocycles. The van der Waals surface area contributed by atoms with Crippen LogP contribution in [0.2, 0.25) is 0 Å². The van der Waals surface area contributed by atoms with Crippen LogP contribution in [0.1, 0.15) is 61.7 Å². The highest BCUT2D eigenvalue weighted by Crippen LogP contribution is 2.26. The molecule has 0 atom stereocenters. The van der Waals surface area contributed by atoms with Crippen molar-refractivity contribution >= 4 is 17.5 Å². The Hall–Kier alpha value is -1.84. The quantitative estimate of drug-likeness (QED) is 0.921. The zero-order valence-electron chi connectivity index (χ0n) is 13.7. The Balaban J connectivity index is 1.59. The summed E-state index contributed by atoms with van der Waals surface area (Å²) in [7, 11) is 0. The van der Waals surface area contributed by atoms with Crippen molar-refractivity contribution in [3.05, 3.63) is 29.8 Å². The molecule has 1 saturated heterocycles. The summed E-state index contributed by atoms with van der Waals surface area (Å²) in [4.78, 5) is 26.6. The van der Waals surface area contributed by atoms with E-state index in [1.54, 1.807) is 0 Å². The molecule has 0 bridgehead atoms. The van der Waals surface area contributed by atoms with Crippen LogP contribution in [-0.4, -0.2) is 29.8 Å². The minimum absolute atomic E-state index is 0.112. The van der Waals surface area contributed by atoms with Crippen molar-refractivity contribution < 1.29 is 9.59 Å². The third-order valence-electron chi connectivity index (χ3n) is 5.02. The fourth-order valence-corrected chi connectivity index (χ4v) is 3.58. The van der Waals surface area contributed by atoms with Crippen LogP contribution in [0.3, 0.4) is 0 Å². The number of hydrogen-bond donors (Lipinski definition) is 1. The zero-order valence-corrected chi connectivity index (χ0v) is 13.7. The third-order valence-corrected chi connectivity index (χ3v) is 5.02. The average Bonchev–Trinajstić information content (AvgIpc) is 2.98. The van der Waals surface area contributed by atoms with Crippen molar-refractivity contribution in [3.8, 4) is 0 Å². The van der Waals surface area contributed by atoms with E-state index in [2.05, 4.69) is 5.32 Å². The second-order valence-corrected chi connectivity index (χ2v) is 6.75. The summed E-state index contributed by atoms with van der Waals surface area (Å²) in [6.45, 7) is 1.72. The van der Waals surface area contributed by atoms with E-state index in [1.165, 1.54) is 12.8 Å². The van der Waals surface area contributed by atoms with E-state index in [9.17, 15) is 9.59 Å². The largest absolute Gasteiger partial charge is 0.339 e. The van der Waals surface area contributed by atoms with Crippen LogP contribution < -0.4 is 5.32 Å². The van der Waals surface area contributed by atoms with Crippen LogP contribution in [0.4, 0.5) is 5.69 Å². The molecule has 2 fully saturated rings. The van der Waals surface area contributed by atoms with Crippen molar-refractivity contribution in [1.29, 1.82) is 0 Å². The number of rotatable bonds is 3. The molecule has 1 aliphatic heterocycles. The maximum Gasteiger partial charge on any atom is 0.253 e. The highest BCUT2D eigenvalue weighted by Gasteiger charge is 2.23. The van der Waals surface area contributed by atoms with Gasteiger partial charge in [-0.1, -0.05) is 25.7 Å². The maximum atomic E-state index is 12.5. The predicted octanol–water partition coefficient (Wildman–Crippen LogP) is 3.83. The molecule has 1 saturated carbocycles. The van der Waals surface area contributed by atoms with Crippen molar-refractivity contribution in [2.75, 3.05) is 18.4 Å². The van der Waals surface area contributed by atoms with Gasteiger partial charge < -0.3 is 10.2 Å². The van der Waals surface area contributed by atoms with E-state index in [4.69, 9.17) is 0 Å². The number of anilines is 1. The molecular weight excluding hydrogens is 288 g/mol. The SMILES string of the molecule is O=C(Nc1ccc(C(=O)N2CCCCCC2)cc1)C1CCCC1. The Morgan fingerprint density at radius 3 is 2.09 bits per heavy atom. The predicted molar refractivity (Wildman–Crippen MR) is 91.4 cm³/mol. The molecule has 4 nitrogen and oxygen atoms in total. The number of hydrogen-bond acceptors (Lipinski definition) is 2. The Bertz CT molecular complexity index is 539. The molecule has 3 rings (SSSR count). The summed E-state index contributed by atoms with van der Waals surface area (Å²) in [6.07, 6.45) is 8.94. The first kappa shape index (κ1) is 16.0. The number of amides is 2. The van der Waals surface area contributed by atoms with Gasteiger partial charge in [0.2, 0.25) is 5.91 Å². The smallest absolute Gasteiger partial charge is 0.253 e. The Morgan fingerprint density at radius 1 is 0.870 bits per heavy atom. The lowest BCUT2D eigenvalue weighted by Crippen LogP contribution is -2.31. The molecular formula is C19H26N2O2. The minimum Gasteiger partial charge on any atom is -0.339 e. The van der Waals surface area contributed by atoms with E-state index in [0.717, 1.165) is 57.3 Å². The molecule has 1 aromatic rings. The second-order valence-electron chi connectivity index (χ2n) is 6.75. The van der Waals surface area contributed by atoms with E-state index in [-0.39, 0.29) is 17.7 Å². The Kier molecular flexibility index (Phi) is 5.31. The van der Waals surface area contributed by atoms with E-state index in [1.807, 2.05) is 29.2 Å². The number of nitrogens with one attached hydrogen (secondary N) is 1. The van der Waals surface area contributed by atoms with Gasteiger partial charge in [0.1, 0.15) is 0 Å². The summed E-state index contributed by atoms with van der Waals surface area (Å²) in [5.41, 5.74) is 1.50. The molecule has 1 heterocycles.